The van der Waals surface area contributed by atoms with Crippen LogP contribution in [0, 0.1) is 11.3 Å². The van der Waals surface area contributed by atoms with E-state index >= 15 is 0 Å². The van der Waals surface area contributed by atoms with E-state index in [2.05, 4.69) is 25.3 Å². The van der Waals surface area contributed by atoms with E-state index in [1.54, 1.807) is 16.2 Å². The first kappa shape index (κ1) is 15.0. The average molecular weight is 308 g/mol. The summed E-state index contributed by atoms with van der Waals surface area (Å²) in [5.74, 6) is 0.198. The predicted molar refractivity (Wildman–Crippen MR) is 84.0 cm³/mol. The van der Waals surface area contributed by atoms with Crippen molar-refractivity contribution in [2.24, 2.45) is 17.1 Å². The van der Waals surface area contributed by atoms with Gasteiger partial charge in [0.2, 0.25) is 5.91 Å². The van der Waals surface area contributed by atoms with Crippen LogP contribution < -0.4 is 5.73 Å². The van der Waals surface area contributed by atoms with Crippen molar-refractivity contribution < 1.29 is 9.53 Å². The second kappa shape index (κ2) is 5.07. The molecule has 3 unspecified atom stereocenters. The quantitative estimate of drug-likeness (QED) is 0.931. The van der Waals surface area contributed by atoms with E-state index in [4.69, 9.17) is 10.5 Å². The number of carbonyl (C=O) groups is 1. The van der Waals surface area contributed by atoms with Gasteiger partial charge in [-0.1, -0.05) is 13.8 Å². The molecule has 0 spiro atoms. The molecule has 2 fully saturated rings. The molecule has 1 saturated carbocycles. The number of carbonyl (C=O) groups excluding carboxylic acids is 1. The van der Waals surface area contributed by atoms with Crippen molar-refractivity contribution in [3.8, 4) is 0 Å². The number of rotatable bonds is 3. The standard InChI is InChI=1S/C16H24N2O2S/c1-15(2)13-12(5-4-7-20-13)16(15,17)14(19)18(3)9-11-6-8-21-10-11/h6,8,10,12-13H,4-5,7,9,17H2,1-3H3. The summed E-state index contributed by atoms with van der Waals surface area (Å²) in [6.07, 6.45) is 2.11. The Kier molecular flexibility index (Phi) is 3.62. The molecule has 2 aliphatic rings. The van der Waals surface area contributed by atoms with Gasteiger partial charge in [0.25, 0.3) is 0 Å². The molecule has 1 amide bonds. The third-order valence-electron chi connectivity index (χ3n) is 5.39. The Labute approximate surface area is 130 Å². The van der Waals surface area contributed by atoms with Crippen molar-refractivity contribution in [3.63, 3.8) is 0 Å². The third kappa shape index (κ3) is 2.05. The van der Waals surface area contributed by atoms with Gasteiger partial charge in [-0.2, -0.15) is 11.3 Å². The number of fused-ring (bicyclic) bond motifs is 1. The van der Waals surface area contributed by atoms with Crippen LogP contribution in [0.3, 0.4) is 0 Å². The minimum atomic E-state index is -0.803. The average Bonchev–Trinajstić information content (AvgIpc) is 2.98. The summed E-state index contributed by atoms with van der Waals surface area (Å²) in [6, 6.07) is 2.05. The Morgan fingerprint density at radius 2 is 2.33 bits per heavy atom. The van der Waals surface area contributed by atoms with Crippen LogP contribution in [-0.4, -0.2) is 36.1 Å². The zero-order chi connectivity index (χ0) is 15.3. The highest BCUT2D eigenvalue weighted by Crippen LogP contribution is 2.57. The van der Waals surface area contributed by atoms with Crippen LogP contribution in [0.1, 0.15) is 32.3 Å². The van der Waals surface area contributed by atoms with Crippen molar-refractivity contribution in [1.82, 2.24) is 4.90 Å². The van der Waals surface area contributed by atoms with Gasteiger partial charge >= 0.3 is 0 Å². The lowest BCUT2D eigenvalue weighted by Crippen LogP contribution is -2.82. The Morgan fingerprint density at radius 1 is 1.57 bits per heavy atom. The first-order valence-electron chi connectivity index (χ1n) is 7.56. The van der Waals surface area contributed by atoms with Crippen LogP contribution in [0.4, 0.5) is 0 Å². The van der Waals surface area contributed by atoms with Gasteiger partial charge < -0.3 is 15.4 Å². The van der Waals surface area contributed by atoms with E-state index in [9.17, 15) is 4.79 Å². The summed E-state index contributed by atoms with van der Waals surface area (Å²) in [5.41, 5.74) is 6.69. The van der Waals surface area contributed by atoms with E-state index < -0.39 is 5.54 Å². The van der Waals surface area contributed by atoms with Crippen LogP contribution in [-0.2, 0) is 16.1 Å². The van der Waals surface area contributed by atoms with Gasteiger partial charge in [-0.25, -0.2) is 0 Å². The number of likely N-dealkylation sites (N-methyl/N-ethyl adjacent to an activating group) is 1. The second-order valence-corrected chi connectivity index (χ2v) is 7.70. The molecule has 4 nitrogen and oxygen atoms in total. The Balaban J connectivity index is 1.79. The molecule has 3 rings (SSSR count). The molecule has 0 aromatic carbocycles. The van der Waals surface area contributed by atoms with Gasteiger partial charge in [0.15, 0.2) is 0 Å². The summed E-state index contributed by atoms with van der Waals surface area (Å²) >= 11 is 1.65. The zero-order valence-corrected chi connectivity index (χ0v) is 13.8. The number of nitrogens with two attached hydrogens (primary N) is 1. The van der Waals surface area contributed by atoms with Gasteiger partial charge in [-0.05, 0) is 35.2 Å². The third-order valence-corrected chi connectivity index (χ3v) is 6.12. The van der Waals surface area contributed by atoms with E-state index in [-0.39, 0.29) is 23.3 Å². The van der Waals surface area contributed by atoms with Crippen LogP contribution >= 0.6 is 11.3 Å². The maximum atomic E-state index is 13.0. The van der Waals surface area contributed by atoms with Gasteiger partial charge in [0.05, 0.1) is 6.10 Å². The molecule has 1 saturated heterocycles. The maximum Gasteiger partial charge on any atom is 0.243 e. The number of amides is 1. The minimum absolute atomic E-state index is 0.0467. The first-order chi connectivity index (χ1) is 9.89. The number of hydrogen-bond donors (Lipinski definition) is 1. The summed E-state index contributed by atoms with van der Waals surface area (Å²) in [6.45, 7) is 5.54. The first-order valence-corrected chi connectivity index (χ1v) is 8.50. The lowest BCUT2D eigenvalue weighted by atomic mass is 9.46. The van der Waals surface area contributed by atoms with E-state index in [1.807, 2.05) is 12.4 Å². The lowest BCUT2D eigenvalue weighted by Gasteiger charge is -2.65. The van der Waals surface area contributed by atoms with E-state index in [0.29, 0.717) is 6.54 Å². The normalized spacial score (nSPS) is 33.9. The molecule has 1 aromatic rings. The fourth-order valence-corrected chi connectivity index (χ4v) is 4.71. The van der Waals surface area contributed by atoms with E-state index in [0.717, 1.165) is 25.0 Å². The van der Waals surface area contributed by atoms with Gasteiger partial charge in [-0.3, -0.25) is 4.79 Å². The number of nitrogens with zero attached hydrogens (tertiary/aromatic N) is 1. The summed E-state index contributed by atoms with van der Waals surface area (Å²) in [7, 11) is 1.85. The fourth-order valence-electron chi connectivity index (χ4n) is 4.05. The maximum absolute atomic E-state index is 13.0. The minimum Gasteiger partial charge on any atom is -0.377 e. The van der Waals surface area contributed by atoms with Crippen molar-refractivity contribution in [3.05, 3.63) is 22.4 Å². The molecule has 5 heteroatoms. The molecule has 0 bridgehead atoms. The van der Waals surface area contributed by atoms with Gasteiger partial charge in [0, 0.05) is 31.5 Å². The Hall–Kier alpha value is -0.910. The highest BCUT2D eigenvalue weighted by Gasteiger charge is 2.70. The monoisotopic (exact) mass is 308 g/mol. The molecule has 2 N–H and O–H groups in total. The Bertz CT molecular complexity index is 528. The summed E-state index contributed by atoms with van der Waals surface area (Å²) < 4.78 is 5.87. The van der Waals surface area contributed by atoms with Crippen molar-refractivity contribution in [2.75, 3.05) is 13.7 Å². The summed E-state index contributed by atoms with van der Waals surface area (Å²) in [4.78, 5) is 14.8. The van der Waals surface area contributed by atoms with Gasteiger partial charge in [0.1, 0.15) is 5.54 Å². The molecule has 1 aliphatic heterocycles. The van der Waals surface area contributed by atoms with Crippen molar-refractivity contribution >= 4 is 17.2 Å². The molecule has 0 radical (unpaired) electrons. The Morgan fingerprint density at radius 3 is 3.00 bits per heavy atom. The number of hydrogen-bond acceptors (Lipinski definition) is 4. The molecule has 2 heterocycles. The van der Waals surface area contributed by atoms with Crippen LogP contribution in [0.25, 0.3) is 0 Å². The second-order valence-electron chi connectivity index (χ2n) is 6.92. The van der Waals surface area contributed by atoms with Crippen molar-refractivity contribution in [2.45, 2.75) is 44.9 Å². The van der Waals surface area contributed by atoms with Crippen LogP contribution in [0.5, 0.6) is 0 Å². The fraction of sp³-hybridized carbons (Fsp3) is 0.688. The van der Waals surface area contributed by atoms with E-state index in [1.165, 1.54) is 0 Å². The molecule has 1 aliphatic carbocycles. The molecular formula is C16H24N2O2S. The molecule has 21 heavy (non-hydrogen) atoms. The topological polar surface area (TPSA) is 55.6 Å². The largest absolute Gasteiger partial charge is 0.377 e. The zero-order valence-electron chi connectivity index (χ0n) is 13.0. The lowest BCUT2D eigenvalue weighted by molar-refractivity contribution is -0.229. The molecular weight excluding hydrogens is 284 g/mol. The van der Waals surface area contributed by atoms with Crippen LogP contribution in [0.15, 0.2) is 16.8 Å². The highest BCUT2D eigenvalue weighted by atomic mass is 32.1. The molecule has 1 aromatic heterocycles. The number of ether oxygens (including phenoxy) is 1. The smallest absolute Gasteiger partial charge is 0.243 e. The predicted octanol–water partition coefficient (Wildman–Crippen LogP) is 2.24. The number of thiophene rings is 1. The summed E-state index contributed by atoms with van der Waals surface area (Å²) in [5, 5.41) is 4.11. The van der Waals surface area contributed by atoms with Crippen molar-refractivity contribution in [1.29, 1.82) is 0 Å². The highest BCUT2D eigenvalue weighted by molar-refractivity contribution is 7.07. The molecule has 116 valence electrons. The molecule has 3 atom stereocenters. The van der Waals surface area contributed by atoms with Crippen LogP contribution in [0.2, 0.25) is 0 Å². The van der Waals surface area contributed by atoms with Gasteiger partial charge in [-0.15, -0.1) is 0 Å². The SMILES string of the molecule is CN(Cc1ccsc1)C(=O)C1(N)C2CCCOC2C1(C)C.